The van der Waals surface area contributed by atoms with Crippen LogP contribution < -0.4 is 11.1 Å². The lowest BCUT2D eigenvalue weighted by atomic mass is 9.96. The molecule has 4 nitrogen and oxygen atoms in total. The van der Waals surface area contributed by atoms with Crippen molar-refractivity contribution < 1.29 is 4.79 Å². The molecule has 0 bridgehead atoms. The molecule has 0 radical (unpaired) electrons. The topological polar surface area (TPSA) is 58.4 Å². The van der Waals surface area contributed by atoms with Crippen LogP contribution in [0.5, 0.6) is 0 Å². The molecule has 3 N–H and O–H groups in total. The third kappa shape index (κ3) is 3.42. The van der Waals surface area contributed by atoms with Crippen LogP contribution >= 0.6 is 0 Å². The summed E-state index contributed by atoms with van der Waals surface area (Å²) in [4.78, 5) is 14.0. The van der Waals surface area contributed by atoms with Crippen LogP contribution in [0.4, 0.5) is 0 Å². The maximum Gasteiger partial charge on any atom is 0.238 e. The summed E-state index contributed by atoms with van der Waals surface area (Å²) in [6, 6.07) is 0. The van der Waals surface area contributed by atoms with Crippen molar-refractivity contribution in [1.82, 2.24) is 10.2 Å². The van der Waals surface area contributed by atoms with Crippen LogP contribution in [0.25, 0.3) is 0 Å². The second kappa shape index (κ2) is 5.36. The van der Waals surface area contributed by atoms with E-state index < -0.39 is 5.54 Å². The van der Waals surface area contributed by atoms with E-state index in [0.29, 0.717) is 6.54 Å². The summed E-state index contributed by atoms with van der Waals surface area (Å²) in [6.45, 7) is 11.1. The standard InChI is InChI=1S/C13H27N3O/c1-5-8-15-13(4,11(14)17)10-16-9-6-7-12(16,2)3/h15H,5-10H2,1-4H3,(H2,14,17). The molecule has 0 aromatic heterocycles. The number of primary amides is 1. The number of rotatable bonds is 6. The normalized spacial score (nSPS) is 23.5. The van der Waals surface area contributed by atoms with E-state index in [2.05, 4.69) is 31.0 Å². The molecule has 100 valence electrons. The van der Waals surface area contributed by atoms with Crippen molar-refractivity contribution in [3.63, 3.8) is 0 Å². The average Bonchev–Trinajstić information content (AvgIpc) is 2.55. The van der Waals surface area contributed by atoms with E-state index in [1.165, 1.54) is 12.8 Å². The molecule has 1 fully saturated rings. The number of nitrogens with one attached hydrogen (secondary N) is 1. The van der Waals surface area contributed by atoms with Gasteiger partial charge < -0.3 is 11.1 Å². The van der Waals surface area contributed by atoms with E-state index in [1.807, 2.05) is 6.92 Å². The van der Waals surface area contributed by atoms with Crippen molar-refractivity contribution >= 4 is 5.91 Å². The maximum absolute atomic E-state index is 11.7. The summed E-state index contributed by atoms with van der Waals surface area (Å²) in [5, 5.41) is 3.29. The van der Waals surface area contributed by atoms with Gasteiger partial charge in [0.25, 0.3) is 0 Å². The third-order valence-electron chi connectivity index (χ3n) is 3.89. The molecule has 17 heavy (non-hydrogen) atoms. The zero-order chi connectivity index (χ0) is 13.1. The first-order valence-electron chi connectivity index (χ1n) is 6.62. The SMILES string of the molecule is CCCNC(C)(CN1CCCC1(C)C)C(N)=O. The van der Waals surface area contributed by atoms with Gasteiger partial charge in [-0.05, 0) is 53.1 Å². The Balaban J connectivity index is 2.69. The van der Waals surface area contributed by atoms with Crippen LogP contribution in [0, 0.1) is 0 Å². The number of nitrogens with zero attached hydrogens (tertiary/aromatic N) is 1. The molecule has 0 aliphatic carbocycles. The Labute approximate surface area is 105 Å². The van der Waals surface area contributed by atoms with E-state index in [1.54, 1.807) is 0 Å². The van der Waals surface area contributed by atoms with Gasteiger partial charge in [0.15, 0.2) is 0 Å². The third-order valence-corrected chi connectivity index (χ3v) is 3.89. The quantitative estimate of drug-likeness (QED) is 0.732. The van der Waals surface area contributed by atoms with E-state index in [4.69, 9.17) is 5.73 Å². The van der Waals surface area contributed by atoms with Crippen molar-refractivity contribution in [2.75, 3.05) is 19.6 Å². The predicted octanol–water partition coefficient (Wildman–Crippen LogP) is 1.10. The first-order chi connectivity index (χ1) is 7.82. The first kappa shape index (κ1) is 14.5. The largest absolute Gasteiger partial charge is 0.368 e. The lowest BCUT2D eigenvalue weighted by molar-refractivity contribution is -0.125. The Kier molecular flexibility index (Phi) is 4.55. The summed E-state index contributed by atoms with van der Waals surface area (Å²) in [5.41, 5.74) is 5.12. The van der Waals surface area contributed by atoms with Gasteiger partial charge in [0.1, 0.15) is 5.54 Å². The Morgan fingerprint density at radius 1 is 1.53 bits per heavy atom. The average molecular weight is 241 g/mol. The highest BCUT2D eigenvalue weighted by molar-refractivity contribution is 5.84. The maximum atomic E-state index is 11.7. The van der Waals surface area contributed by atoms with Gasteiger partial charge in [-0.2, -0.15) is 0 Å². The summed E-state index contributed by atoms with van der Waals surface area (Å²) >= 11 is 0. The number of likely N-dealkylation sites (tertiary alicyclic amines) is 1. The summed E-state index contributed by atoms with van der Waals surface area (Å²) < 4.78 is 0. The number of hydrogen-bond donors (Lipinski definition) is 2. The van der Waals surface area contributed by atoms with Crippen LogP contribution in [0.15, 0.2) is 0 Å². The highest BCUT2D eigenvalue weighted by Crippen LogP contribution is 2.29. The predicted molar refractivity (Wildman–Crippen MR) is 70.8 cm³/mol. The fourth-order valence-electron chi connectivity index (χ4n) is 2.46. The van der Waals surface area contributed by atoms with Gasteiger partial charge in [-0.25, -0.2) is 0 Å². The van der Waals surface area contributed by atoms with Gasteiger partial charge in [0.05, 0.1) is 0 Å². The summed E-state index contributed by atoms with van der Waals surface area (Å²) in [6.07, 6.45) is 3.40. The van der Waals surface area contributed by atoms with Crippen LogP contribution in [-0.2, 0) is 4.79 Å². The van der Waals surface area contributed by atoms with E-state index in [0.717, 1.165) is 19.5 Å². The highest BCUT2D eigenvalue weighted by atomic mass is 16.1. The lowest BCUT2D eigenvalue weighted by Crippen LogP contribution is -2.61. The van der Waals surface area contributed by atoms with Crippen LogP contribution in [0.3, 0.4) is 0 Å². The van der Waals surface area contributed by atoms with Gasteiger partial charge >= 0.3 is 0 Å². The molecule has 1 heterocycles. The lowest BCUT2D eigenvalue weighted by Gasteiger charge is -2.38. The molecular formula is C13H27N3O. The van der Waals surface area contributed by atoms with E-state index in [9.17, 15) is 4.79 Å². The Hall–Kier alpha value is -0.610. The van der Waals surface area contributed by atoms with E-state index in [-0.39, 0.29) is 11.4 Å². The molecule has 1 atom stereocenters. The Morgan fingerprint density at radius 3 is 2.59 bits per heavy atom. The Bertz CT molecular complexity index is 278. The van der Waals surface area contributed by atoms with Gasteiger partial charge in [-0.15, -0.1) is 0 Å². The van der Waals surface area contributed by atoms with E-state index >= 15 is 0 Å². The Morgan fingerprint density at radius 2 is 2.18 bits per heavy atom. The smallest absolute Gasteiger partial charge is 0.238 e. The van der Waals surface area contributed by atoms with Gasteiger partial charge in [-0.3, -0.25) is 9.69 Å². The van der Waals surface area contributed by atoms with Crippen molar-refractivity contribution in [2.45, 2.75) is 58.0 Å². The first-order valence-corrected chi connectivity index (χ1v) is 6.62. The monoisotopic (exact) mass is 241 g/mol. The number of carbonyl (C=O) groups excluding carboxylic acids is 1. The van der Waals surface area contributed by atoms with Crippen LogP contribution in [-0.4, -0.2) is 41.5 Å². The zero-order valence-corrected chi connectivity index (χ0v) is 11.7. The molecule has 1 saturated heterocycles. The van der Waals surface area contributed by atoms with Gasteiger partial charge in [0, 0.05) is 12.1 Å². The fraction of sp³-hybridized carbons (Fsp3) is 0.923. The molecule has 1 aliphatic rings. The molecular weight excluding hydrogens is 214 g/mol. The second-order valence-corrected chi connectivity index (χ2v) is 5.96. The number of carbonyl (C=O) groups is 1. The molecule has 1 unspecified atom stereocenters. The van der Waals surface area contributed by atoms with Crippen molar-refractivity contribution in [1.29, 1.82) is 0 Å². The minimum Gasteiger partial charge on any atom is -0.368 e. The number of nitrogens with two attached hydrogens (primary N) is 1. The number of hydrogen-bond acceptors (Lipinski definition) is 3. The van der Waals surface area contributed by atoms with Crippen molar-refractivity contribution in [3.8, 4) is 0 Å². The van der Waals surface area contributed by atoms with Gasteiger partial charge in [-0.1, -0.05) is 6.92 Å². The molecule has 0 spiro atoms. The van der Waals surface area contributed by atoms with Gasteiger partial charge in [0.2, 0.25) is 5.91 Å². The van der Waals surface area contributed by atoms with Crippen LogP contribution in [0.1, 0.15) is 47.0 Å². The molecule has 1 rings (SSSR count). The molecule has 0 saturated carbocycles. The molecule has 0 aromatic carbocycles. The second-order valence-electron chi connectivity index (χ2n) is 5.96. The number of amides is 1. The summed E-state index contributed by atoms with van der Waals surface area (Å²) in [5.74, 6) is -0.256. The van der Waals surface area contributed by atoms with Crippen molar-refractivity contribution in [3.05, 3.63) is 0 Å². The minimum atomic E-state index is -0.613. The fourth-order valence-corrected chi connectivity index (χ4v) is 2.46. The molecule has 1 amide bonds. The van der Waals surface area contributed by atoms with Crippen molar-refractivity contribution in [2.24, 2.45) is 5.73 Å². The molecule has 4 heteroatoms. The highest BCUT2D eigenvalue weighted by Gasteiger charge is 2.39. The molecule has 1 aliphatic heterocycles. The minimum absolute atomic E-state index is 0.185. The zero-order valence-electron chi connectivity index (χ0n) is 11.7. The molecule has 0 aromatic rings. The summed E-state index contributed by atoms with van der Waals surface area (Å²) in [7, 11) is 0. The van der Waals surface area contributed by atoms with Crippen LogP contribution in [0.2, 0.25) is 0 Å².